The van der Waals surface area contributed by atoms with Gasteiger partial charge in [0.05, 0.1) is 11.1 Å². The topological polar surface area (TPSA) is 62.7 Å². The first-order valence-corrected chi connectivity index (χ1v) is 7.01. The highest BCUT2D eigenvalue weighted by Gasteiger charge is 2.27. The van der Waals surface area contributed by atoms with E-state index < -0.39 is 5.54 Å². The molecule has 1 heterocycles. The molecule has 96 valence electrons. The van der Waals surface area contributed by atoms with Crippen LogP contribution in [0.2, 0.25) is 5.02 Å². The van der Waals surface area contributed by atoms with Gasteiger partial charge >= 0.3 is 0 Å². The third-order valence-electron chi connectivity index (χ3n) is 2.65. The number of nitrogens with two attached hydrogens (primary N) is 1. The van der Waals surface area contributed by atoms with E-state index in [9.17, 15) is 5.26 Å². The van der Waals surface area contributed by atoms with Crippen LogP contribution in [0.15, 0.2) is 53.7 Å². The first-order chi connectivity index (χ1) is 9.15. The fourth-order valence-electron chi connectivity index (χ4n) is 1.58. The first kappa shape index (κ1) is 13.9. The number of hydrogen-bond donors (Lipinski definition) is 1. The molecule has 1 aromatic carbocycles. The highest BCUT2D eigenvalue weighted by Crippen LogP contribution is 2.30. The molecule has 1 unspecified atom stereocenters. The van der Waals surface area contributed by atoms with Crippen LogP contribution in [-0.2, 0) is 5.54 Å². The zero-order chi connectivity index (χ0) is 13.7. The number of pyridine rings is 1. The van der Waals surface area contributed by atoms with Gasteiger partial charge in [-0.3, -0.25) is 0 Å². The van der Waals surface area contributed by atoms with Gasteiger partial charge in [0.15, 0.2) is 0 Å². The van der Waals surface area contributed by atoms with Gasteiger partial charge in [-0.05, 0) is 17.7 Å². The van der Waals surface area contributed by atoms with E-state index in [4.69, 9.17) is 17.3 Å². The molecule has 0 saturated carbocycles. The minimum atomic E-state index is -1.05. The molecule has 0 saturated heterocycles. The Labute approximate surface area is 121 Å². The Kier molecular flexibility index (Phi) is 4.43. The summed E-state index contributed by atoms with van der Waals surface area (Å²) in [7, 11) is 0. The molecule has 0 aliphatic heterocycles. The zero-order valence-corrected chi connectivity index (χ0v) is 11.7. The van der Waals surface area contributed by atoms with Gasteiger partial charge in [-0.15, -0.1) is 11.8 Å². The lowest BCUT2D eigenvalue weighted by Crippen LogP contribution is -2.37. The van der Waals surface area contributed by atoms with Gasteiger partial charge < -0.3 is 5.73 Å². The SMILES string of the molecule is N#CC(N)(CSc1ncccc1Cl)c1ccccc1. The Morgan fingerprint density at radius 1 is 1.26 bits per heavy atom. The van der Waals surface area contributed by atoms with Crippen molar-refractivity contribution < 1.29 is 0 Å². The van der Waals surface area contributed by atoms with Crippen molar-refractivity contribution in [3.8, 4) is 6.07 Å². The van der Waals surface area contributed by atoms with E-state index in [-0.39, 0.29) is 0 Å². The normalized spacial score (nSPS) is 13.5. The summed E-state index contributed by atoms with van der Waals surface area (Å²) < 4.78 is 0. The van der Waals surface area contributed by atoms with Crippen molar-refractivity contribution in [3.05, 3.63) is 59.2 Å². The Morgan fingerprint density at radius 2 is 2.00 bits per heavy atom. The van der Waals surface area contributed by atoms with Crippen LogP contribution in [0.5, 0.6) is 0 Å². The molecule has 0 fully saturated rings. The second-order valence-electron chi connectivity index (χ2n) is 4.03. The fourth-order valence-corrected chi connectivity index (χ4v) is 2.80. The number of aromatic nitrogens is 1. The van der Waals surface area contributed by atoms with Crippen LogP contribution < -0.4 is 5.73 Å². The van der Waals surface area contributed by atoms with E-state index in [0.29, 0.717) is 15.8 Å². The Hall–Kier alpha value is -1.54. The summed E-state index contributed by atoms with van der Waals surface area (Å²) in [4.78, 5) is 4.18. The van der Waals surface area contributed by atoms with Gasteiger partial charge in [-0.25, -0.2) is 4.98 Å². The van der Waals surface area contributed by atoms with Crippen LogP contribution in [-0.4, -0.2) is 10.7 Å². The largest absolute Gasteiger partial charge is 0.309 e. The van der Waals surface area contributed by atoms with Gasteiger partial charge in [-0.2, -0.15) is 5.26 Å². The lowest BCUT2D eigenvalue weighted by atomic mass is 9.95. The van der Waals surface area contributed by atoms with Crippen molar-refractivity contribution in [2.75, 3.05) is 5.75 Å². The molecule has 0 amide bonds. The minimum Gasteiger partial charge on any atom is -0.309 e. The average Bonchev–Trinajstić information content (AvgIpc) is 2.47. The van der Waals surface area contributed by atoms with Crippen molar-refractivity contribution in [2.45, 2.75) is 10.6 Å². The Balaban J connectivity index is 2.17. The van der Waals surface area contributed by atoms with E-state index in [2.05, 4.69) is 11.1 Å². The number of hydrogen-bond acceptors (Lipinski definition) is 4. The van der Waals surface area contributed by atoms with Crippen molar-refractivity contribution in [1.82, 2.24) is 4.98 Å². The molecule has 2 aromatic rings. The second-order valence-corrected chi connectivity index (χ2v) is 5.40. The quantitative estimate of drug-likeness (QED) is 0.878. The van der Waals surface area contributed by atoms with Crippen LogP contribution in [0.25, 0.3) is 0 Å². The molecule has 2 N–H and O–H groups in total. The first-order valence-electron chi connectivity index (χ1n) is 5.65. The van der Waals surface area contributed by atoms with Crippen molar-refractivity contribution in [3.63, 3.8) is 0 Å². The molecule has 0 spiro atoms. The minimum absolute atomic E-state index is 0.393. The number of benzene rings is 1. The van der Waals surface area contributed by atoms with Crippen molar-refractivity contribution in [2.24, 2.45) is 5.73 Å². The predicted octanol–water partition coefficient (Wildman–Crippen LogP) is 3.20. The zero-order valence-electron chi connectivity index (χ0n) is 10.1. The molecule has 5 heteroatoms. The lowest BCUT2D eigenvalue weighted by Gasteiger charge is -2.21. The van der Waals surface area contributed by atoms with Crippen LogP contribution in [0.1, 0.15) is 5.56 Å². The Bertz CT molecular complexity index is 597. The van der Waals surface area contributed by atoms with Gasteiger partial charge in [0.25, 0.3) is 0 Å². The monoisotopic (exact) mass is 289 g/mol. The van der Waals surface area contributed by atoms with Crippen LogP contribution in [0.4, 0.5) is 0 Å². The van der Waals surface area contributed by atoms with Crippen LogP contribution >= 0.6 is 23.4 Å². The highest BCUT2D eigenvalue weighted by molar-refractivity contribution is 7.99. The summed E-state index contributed by atoms with van der Waals surface area (Å²) >= 11 is 7.42. The van der Waals surface area contributed by atoms with Crippen LogP contribution in [0, 0.1) is 11.3 Å². The van der Waals surface area contributed by atoms with Gasteiger partial charge in [-0.1, -0.05) is 41.9 Å². The number of nitriles is 1. The van der Waals surface area contributed by atoms with E-state index in [1.807, 2.05) is 30.3 Å². The summed E-state index contributed by atoms with van der Waals surface area (Å²) in [5, 5.41) is 10.6. The summed E-state index contributed by atoms with van der Waals surface area (Å²) in [6.07, 6.45) is 1.67. The van der Waals surface area contributed by atoms with Crippen molar-refractivity contribution in [1.29, 1.82) is 5.26 Å². The van der Waals surface area contributed by atoms with Gasteiger partial charge in [0.1, 0.15) is 10.6 Å². The summed E-state index contributed by atoms with van der Waals surface area (Å²) in [6, 6.07) is 15.0. The van der Waals surface area contributed by atoms with E-state index in [1.54, 1.807) is 18.3 Å². The predicted molar refractivity (Wildman–Crippen MR) is 77.9 cm³/mol. The fraction of sp³-hybridized carbons (Fsp3) is 0.143. The standard InChI is InChI=1S/C14H12ClN3S/c15-12-7-4-8-18-13(12)19-10-14(17,9-16)11-5-2-1-3-6-11/h1-8H,10,17H2. The van der Waals surface area contributed by atoms with E-state index in [1.165, 1.54) is 11.8 Å². The summed E-state index contributed by atoms with van der Waals surface area (Å²) in [5.74, 6) is 0.393. The molecule has 1 atom stereocenters. The number of rotatable bonds is 4. The van der Waals surface area contributed by atoms with E-state index in [0.717, 1.165) is 5.56 Å². The van der Waals surface area contributed by atoms with Crippen LogP contribution in [0.3, 0.4) is 0 Å². The summed E-state index contributed by atoms with van der Waals surface area (Å²) in [5.41, 5.74) is 5.90. The van der Waals surface area contributed by atoms with E-state index >= 15 is 0 Å². The average molecular weight is 290 g/mol. The molecule has 0 aliphatic carbocycles. The molecular formula is C14H12ClN3S. The maximum atomic E-state index is 9.34. The molecule has 0 bridgehead atoms. The molecule has 1 aromatic heterocycles. The number of halogens is 1. The molecular weight excluding hydrogens is 278 g/mol. The number of nitrogens with zero attached hydrogens (tertiary/aromatic N) is 2. The Morgan fingerprint density at radius 3 is 2.63 bits per heavy atom. The smallest absolute Gasteiger partial charge is 0.139 e. The van der Waals surface area contributed by atoms with Crippen molar-refractivity contribution >= 4 is 23.4 Å². The molecule has 0 aliphatic rings. The molecule has 0 radical (unpaired) electrons. The number of thioether (sulfide) groups is 1. The highest BCUT2D eigenvalue weighted by atomic mass is 35.5. The molecule has 3 nitrogen and oxygen atoms in total. The second kappa shape index (κ2) is 6.07. The summed E-state index contributed by atoms with van der Waals surface area (Å²) in [6.45, 7) is 0. The maximum absolute atomic E-state index is 9.34. The lowest BCUT2D eigenvalue weighted by molar-refractivity contribution is 0.658. The third-order valence-corrected chi connectivity index (χ3v) is 4.27. The van der Waals surface area contributed by atoms with Gasteiger partial charge in [0, 0.05) is 11.9 Å². The van der Waals surface area contributed by atoms with Gasteiger partial charge in [0.2, 0.25) is 0 Å². The maximum Gasteiger partial charge on any atom is 0.139 e. The third kappa shape index (κ3) is 3.27. The molecule has 2 rings (SSSR count). The molecule has 19 heavy (non-hydrogen) atoms.